The Hall–Kier alpha value is -4.99. The number of benzene rings is 2. The number of methoxy groups -OCH3 is 2. The summed E-state index contributed by atoms with van der Waals surface area (Å²) in [7, 11) is 2.88. The van der Waals surface area contributed by atoms with Crippen molar-refractivity contribution in [3.8, 4) is 11.5 Å². The van der Waals surface area contributed by atoms with Gasteiger partial charge in [-0.25, -0.2) is 9.59 Å². The predicted molar refractivity (Wildman–Crippen MR) is 243 cm³/mol. The van der Waals surface area contributed by atoms with Crippen LogP contribution in [0.3, 0.4) is 0 Å². The van der Waals surface area contributed by atoms with Crippen LogP contribution < -0.4 is 25.8 Å². The Kier molecular flexibility index (Phi) is 22.7. The molecule has 0 atom stereocenters. The third kappa shape index (κ3) is 20.3. The van der Waals surface area contributed by atoms with E-state index in [1.165, 1.54) is 45.3 Å². The lowest BCUT2D eigenvalue weighted by Gasteiger charge is -2.33. The van der Waals surface area contributed by atoms with Crippen LogP contribution in [0.4, 0.5) is 32.3 Å². The van der Waals surface area contributed by atoms with Crippen molar-refractivity contribution < 1.29 is 43.1 Å². The fraction of sp³-hybridized carbons (Fsp3) is 0.634. The first-order valence-corrected chi connectivity index (χ1v) is 21.2. The predicted octanol–water partition coefficient (Wildman–Crippen LogP) is 7.89. The van der Waals surface area contributed by atoms with E-state index < -0.39 is 21.0 Å². The molecule has 21 heteroatoms. The van der Waals surface area contributed by atoms with Gasteiger partial charge in [0.25, 0.3) is 11.4 Å². The van der Waals surface area contributed by atoms with Crippen LogP contribution in [0.2, 0.25) is 0 Å². The molecule has 3 aliphatic heterocycles. The van der Waals surface area contributed by atoms with Crippen molar-refractivity contribution in [2.75, 3.05) is 72.0 Å². The van der Waals surface area contributed by atoms with Crippen LogP contribution in [-0.4, -0.2) is 115 Å². The summed E-state index contributed by atoms with van der Waals surface area (Å²) in [6.07, 6.45) is 5.73. The lowest BCUT2D eigenvalue weighted by atomic mass is 9.97. The lowest BCUT2D eigenvalue weighted by molar-refractivity contribution is -0.384. The van der Waals surface area contributed by atoms with Crippen LogP contribution in [0.5, 0.6) is 11.5 Å². The van der Waals surface area contributed by atoms with Gasteiger partial charge in [0, 0.05) is 58.4 Å². The average Bonchev–Trinajstić information content (AvgIpc) is 3.83. The number of ether oxygens (including phenoxy) is 5. The highest BCUT2D eigenvalue weighted by Gasteiger charge is 2.28. The maximum absolute atomic E-state index is 12.1. The van der Waals surface area contributed by atoms with Gasteiger partial charge in [0.15, 0.2) is 10.8 Å². The Labute approximate surface area is 375 Å². The maximum Gasteiger partial charge on any atom is 0.410 e. The number of nitrogens with zero attached hydrogens (tertiary/aromatic N) is 5. The zero-order valence-electron chi connectivity index (χ0n) is 37.1. The molecule has 346 valence electrons. The molecule has 0 aromatic heterocycles. The first-order valence-electron chi connectivity index (χ1n) is 20.5. The van der Waals surface area contributed by atoms with Gasteiger partial charge in [-0.15, -0.1) is 0 Å². The fourth-order valence-corrected chi connectivity index (χ4v) is 6.33. The number of hydrogen-bond acceptors (Lipinski definition) is 15. The molecule has 4 N–H and O–H groups in total. The van der Waals surface area contributed by atoms with Gasteiger partial charge in [-0.1, -0.05) is 0 Å². The van der Waals surface area contributed by atoms with Crippen molar-refractivity contribution in [1.29, 1.82) is 0 Å². The molecule has 0 spiro atoms. The number of likely N-dealkylation sites (tertiary alicyclic amines) is 2. The summed E-state index contributed by atoms with van der Waals surface area (Å²) in [6, 6.07) is 8.83. The van der Waals surface area contributed by atoms with E-state index in [0.717, 1.165) is 58.5 Å². The first-order chi connectivity index (χ1) is 29.2. The minimum absolute atomic E-state index is 0.112. The molecule has 3 fully saturated rings. The van der Waals surface area contributed by atoms with Crippen LogP contribution in [0, 0.1) is 32.1 Å². The molecule has 0 bridgehead atoms. The molecular weight excluding hydrogens is 845 g/mol. The van der Waals surface area contributed by atoms with Crippen molar-refractivity contribution in [2.45, 2.75) is 91.3 Å². The van der Waals surface area contributed by atoms with Gasteiger partial charge in [0.1, 0.15) is 28.4 Å². The molecule has 62 heavy (non-hydrogen) atoms. The minimum atomic E-state index is -0.548. The van der Waals surface area contributed by atoms with E-state index in [4.69, 9.17) is 41.6 Å². The molecule has 3 aliphatic rings. The molecule has 0 saturated carbocycles. The van der Waals surface area contributed by atoms with Gasteiger partial charge in [0.2, 0.25) is 0 Å². The second kappa shape index (κ2) is 26.5. The number of carbonyl (C=O) groups excluding carboxylic acids is 2. The Morgan fingerprint density at radius 2 is 1.26 bits per heavy atom. The summed E-state index contributed by atoms with van der Waals surface area (Å²) in [5.74, 6) is 1.73. The van der Waals surface area contributed by atoms with E-state index in [0.29, 0.717) is 53.8 Å². The number of anilines is 1. The van der Waals surface area contributed by atoms with Crippen molar-refractivity contribution in [1.82, 2.24) is 15.1 Å². The third-order valence-corrected chi connectivity index (χ3v) is 9.81. The molecule has 2 amide bonds. The van der Waals surface area contributed by atoms with Gasteiger partial charge < -0.3 is 49.9 Å². The van der Waals surface area contributed by atoms with Gasteiger partial charge in [-0.05, 0) is 135 Å². The second-order valence-corrected chi connectivity index (χ2v) is 17.1. The number of nitrogens with two attached hydrogens (primary N) is 1. The van der Waals surface area contributed by atoms with E-state index >= 15 is 0 Å². The standard InChI is InChI=1S/C19H28N4O5S.C11H22N2O2.C7H6N2O3S.C4H8O/c1-19(2,3)28-18(24)22-9-7-13(8-10-22)12-20-17(29)21-15-6-5-14(27-4)11-16(15)23(25)26;1-11(2,3)15-10(14)13-6-4-9(8-12)5-7-13;1-12-5-2-3-6(8-13)7(4-5)9(10)11;1-2-4-5-3-1/h5-6,11,13H,7-10,12H2,1-4H3,(H2,20,21,29);9H,4-8,12H2,1-3H3;2-4H,1H3;1-4H2. The largest absolute Gasteiger partial charge is 0.496 e. The second-order valence-electron chi connectivity index (χ2n) is 16.6. The quantitative estimate of drug-likeness (QED) is 0.123. The van der Waals surface area contributed by atoms with Crippen LogP contribution in [-0.2, 0) is 26.6 Å². The summed E-state index contributed by atoms with van der Waals surface area (Å²) in [4.78, 5) is 48.0. The number of hydrogen-bond donors (Lipinski definition) is 3. The van der Waals surface area contributed by atoms with Crippen LogP contribution in [0.25, 0.3) is 0 Å². The normalized spacial score (nSPS) is 15.4. The van der Waals surface area contributed by atoms with Gasteiger partial charge in [0.05, 0.1) is 36.2 Å². The Morgan fingerprint density at radius 3 is 1.65 bits per heavy atom. The number of thiocarbonyl (C=S) groups is 1. The maximum atomic E-state index is 12.1. The number of piperidine rings is 2. The van der Waals surface area contributed by atoms with Crippen LogP contribution >= 0.6 is 12.2 Å². The summed E-state index contributed by atoms with van der Waals surface area (Å²) in [5.41, 5.74) is 4.90. The summed E-state index contributed by atoms with van der Waals surface area (Å²) >= 11 is 9.66. The average molecular weight is 909 g/mol. The smallest absolute Gasteiger partial charge is 0.410 e. The Balaban J connectivity index is 0.000000332. The molecular formula is C41H64N8O11S2. The van der Waals surface area contributed by atoms with E-state index in [1.807, 2.05) is 41.5 Å². The van der Waals surface area contributed by atoms with Crippen molar-refractivity contribution >= 4 is 64.7 Å². The van der Waals surface area contributed by atoms with E-state index in [2.05, 4.69) is 27.4 Å². The van der Waals surface area contributed by atoms with Crippen molar-refractivity contribution in [3.05, 3.63) is 56.6 Å². The number of amides is 2. The van der Waals surface area contributed by atoms with Gasteiger partial charge in [-0.2, -0.15) is 4.36 Å². The Morgan fingerprint density at radius 1 is 0.806 bits per heavy atom. The fourth-order valence-electron chi connectivity index (χ4n) is 5.99. The monoisotopic (exact) mass is 908 g/mol. The van der Waals surface area contributed by atoms with Crippen molar-refractivity contribution in [3.63, 3.8) is 0 Å². The topological polar surface area (TPSA) is 235 Å². The summed E-state index contributed by atoms with van der Waals surface area (Å²) in [6.45, 7) is 17.4. The van der Waals surface area contributed by atoms with Crippen molar-refractivity contribution in [2.24, 2.45) is 21.9 Å². The molecule has 2 aromatic rings. The SMILES string of the molecule is C1CCOC1.CC(C)(C)OC(=O)N1CCC(CN)CC1.COc1ccc(N=S)c([N+](=O)[O-])c1.COc1ccc(NC(=S)NCC2CCN(C(=O)OC(C)(C)C)CC2)c([N+](=O)[O-])c1. The molecule has 3 saturated heterocycles. The molecule has 0 aliphatic carbocycles. The number of carbonyl (C=O) groups is 2. The zero-order valence-corrected chi connectivity index (χ0v) is 38.8. The van der Waals surface area contributed by atoms with E-state index in [9.17, 15) is 29.8 Å². The number of nitro groups is 2. The van der Waals surface area contributed by atoms with E-state index in [1.54, 1.807) is 28.0 Å². The van der Waals surface area contributed by atoms with Crippen LogP contribution in [0.1, 0.15) is 80.1 Å². The molecule has 2 aromatic carbocycles. The number of rotatable bonds is 9. The first kappa shape index (κ1) is 53.1. The van der Waals surface area contributed by atoms with E-state index in [-0.39, 0.29) is 29.2 Å². The zero-order chi connectivity index (χ0) is 46.5. The third-order valence-electron chi connectivity index (χ3n) is 9.37. The van der Waals surface area contributed by atoms with Gasteiger partial charge in [-0.3, -0.25) is 20.2 Å². The number of nitrogens with one attached hydrogen (secondary N) is 2. The lowest BCUT2D eigenvalue weighted by Crippen LogP contribution is -2.44. The highest BCUT2D eigenvalue weighted by molar-refractivity contribution is 7.80. The van der Waals surface area contributed by atoms with Gasteiger partial charge >= 0.3 is 12.2 Å². The Bertz CT molecular complexity index is 1760. The number of nitro benzene ring substituents is 2. The molecule has 5 rings (SSSR count). The summed E-state index contributed by atoms with van der Waals surface area (Å²) in [5, 5.41) is 28.0. The molecule has 0 radical (unpaired) electrons. The molecule has 19 nitrogen and oxygen atoms in total. The minimum Gasteiger partial charge on any atom is -0.496 e. The molecule has 0 unspecified atom stereocenters. The molecule has 3 heterocycles. The summed E-state index contributed by atoms with van der Waals surface area (Å²) < 4.78 is 28.9. The van der Waals surface area contributed by atoms with Crippen LogP contribution in [0.15, 0.2) is 40.8 Å². The highest BCUT2D eigenvalue weighted by Crippen LogP contribution is 2.31. The highest BCUT2D eigenvalue weighted by atomic mass is 32.1.